The molecule has 0 bridgehead atoms. The van der Waals surface area contributed by atoms with Gasteiger partial charge in [-0.2, -0.15) is 0 Å². The second-order valence-electron chi connectivity index (χ2n) is 2.93. The molecule has 0 radical (unpaired) electrons. The lowest BCUT2D eigenvalue weighted by molar-refractivity contribution is 0.969. The Labute approximate surface area is 73.6 Å². The summed E-state index contributed by atoms with van der Waals surface area (Å²) in [6.07, 6.45) is 2.09. The van der Waals surface area contributed by atoms with Crippen molar-refractivity contribution in [3.8, 4) is 0 Å². The van der Waals surface area contributed by atoms with Crippen molar-refractivity contribution in [1.29, 1.82) is 0 Å². The molecule has 0 aliphatic heterocycles. The standard InChI is InChI=1S/C10H11N.CH4/c1-8-4-3-5-10-9(8)6-7-11(10)2;/h3-7H,1-2H3;1H4. The Balaban J connectivity index is 0.000000720. The number of nitrogens with zero attached hydrogens (tertiary/aromatic N) is 1. The quantitative estimate of drug-likeness (QED) is 0.559. The molecular weight excluding hydrogens is 146 g/mol. The Morgan fingerprint density at radius 2 is 1.92 bits per heavy atom. The average molecular weight is 161 g/mol. The predicted molar refractivity (Wildman–Crippen MR) is 54.4 cm³/mol. The van der Waals surface area contributed by atoms with Crippen LogP contribution in [0.3, 0.4) is 0 Å². The summed E-state index contributed by atoms with van der Waals surface area (Å²) < 4.78 is 2.14. The Morgan fingerprint density at radius 3 is 2.58 bits per heavy atom. The molecule has 1 heteroatoms. The van der Waals surface area contributed by atoms with Gasteiger partial charge in [0, 0.05) is 24.1 Å². The number of benzene rings is 1. The highest BCUT2D eigenvalue weighted by Crippen LogP contribution is 2.17. The Bertz CT molecular complexity index is 385. The zero-order chi connectivity index (χ0) is 7.84. The normalized spacial score (nSPS) is 9.83. The van der Waals surface area contributed by atoms with Crippen LogP contribution < -0.4 is 0 Å². The van der Waals surface area contributed by atoms with Gasteiger partial charge in [-0.05, 0) is 24.6 Å². The molecule has 12 heavy (non-hydrogen) atoms. The fourth-order valence-electron chi connectivity index (χ4n) is 1.46. The second kappa shape index (κ2) is 3.02. The largest absolute Gasteiger partial charge is 0.351 e. The van der Waals surface area contributed by atoms with E-state index >= 15 is 0 Å². The summed E-state index contributed by atoms with van der Waals surface area (Å²) in [6.45, 7) is 2.14. The van der Waals surface area contributed by atoms with Crippen LogP contribution in [0.1, 0.15) is 13.0 Å². The minimum atomic E-state index is 0. The molecule has 0 amide bonds. The molecular formula is C11H15N. The SMILES string of the molecule is C.Cc1cccc2c1ccn2C. The summed E-state index contributed by atoms with van der Waals surface area (Å²) in [7, 11) is 2.07. The zero-order valence-corrected chi connectivity index (χ0v) is 6.83. The minimum absolute atomic E-state index is 0. The molecule has 0 aliphatic carbocycles. The number of hydrogen-bond acceptors (Lipinski definition) is 0. The third-order valence-electron chi connectivity index (χ3n) is 2.15. The maximum atomic E-state index is 2.16. The summed E-state index contributed by atoms with van der Waals surface area (Å²) in [5.41, 5.74) is 2.66. The van der Waals surface area contributed by atoms with Gasteiger partial charge < -0.3 is 4.57 Å². The van der Waals surface area contributed by atoms with E-state index in [4.69, 9.17) is 0 Å². The smallest absolute Gasteiger partial charge is 0.0480 e. The van der Waals surface area contributed by atoms with Crippen molar-refractivity contribution in [3.05, 3.63) is 36.0 Å². The van der Waals surface area contributed by atoms with Crippen LogP contribution in [0.5, 0.6) is 0 Å². The molecule has 0 saturated carbocycles. The molecule has 2 aromatic rings. The third-order valence-corrected chi connectivity index (χ3v) is 2.15. The highest BCUT2D eigenvalue weighted by atomic mass is 14.9. The molecule has 0 saturated heterocycles. The summed E-state index contributed by atoms with van der Waals surface area (Å²) in [4.78, 5) is 0. The van der Waals surface area contributed by atoms with E-state index in [1.165, 1.54) is 16.5 Å². The summed E-state index contributed by atoms with van der Waals surface area (Å²) >= 11 is 0. The lowest BCUT2D eigenvalue weighted by atomic mass is 10.1. The number of fused-ring (bicyclic) bond motifs is 1. The van der Waals surface area contributed by atoms with Crippen LogP contribution in [-0.2, 0) is 7.05 Å². The second-order valence-corrected chi connectivity index (χ2v) is 2.93. The summed E-state index contributed by atoms with van der Waals surface area (Å²) in [6, 6.07) is 8.53. The molecule has 0 unspecified atom stereocenters. The number of rotatable bonds is 0. The first-order valence-corrected chi connectivity index (χ1v) is 3.80. The molecule has 64 valence electrons. The van der Waals surface area contributed by atoms with Crippen LogP contribution in [0.15, 0.2) is 30.5 Å². The van der Waals surface area contributed by atoms with E-state index in [0.29, 0.717) is 0 Å². The van der Waals surface area contributed by atoms with Gasteiger partial charge in [0.25, 0.3) is 0 Å². The van der Waals surface area contributed by atoms with E-state index in [0.717, 1.165) is 0 Å². The van der Waals surface area contributed by atoms with Crippen molar-refractivity contribution in [3.63, 3.8) is 0 Å². The first-order valence-electron chi connectivity index (χ1n) is 3.80. The van der Waals surface area contributed by atoms with Crippen LogP contribution in [0, 0.1) is 6.92 Å². The first kappa shape index (κ1) is 8.85. The van der Waals surface area contributed by atoms with E-state index in [1.54, 1.807) is 0 Å². The van der Waals surface area contributed by atoms with Crippen molar-refractivity contribution >= 4 is 10.9 Å². The number of hydrogen-bond donors (Lipinski definition) is 0. The van der Waals surface area contributed by atoms with Gasteiger partial charge in [-0.25, -0.2) is 0 Å². The Hall–Kier alpha value is -1.24. The van der Waals surface area contributed by atoms with Gasteiger partial charge in [0.05, 0.1) is 0 Å². The summed E-state index contributed by atoms with van der Waals surface area (Å²) in [5.74, 6) is 0. The molecule has 1 nitrogen and oxygen atoms in total. The number of aryl methyl sites for hydroxylation is 2. The van der Waals surface area contributed by atoms with Gasteiger partial charge in [-0.15, -0.1) is 0 Å². The van der Waals surface area contributed by atoms with Gasteiger partial charge in [0.1, 0.15) is 0 Å². The van der Waals surface area contributed by atoms with Gasteiger partial charge >= 0.3 is 0 Å². The van der Waals surface area contributed by atoms with Crippen molar-refractivity contribution in [2.45, 2.75) is 14.4 Å². The molecule has 0 fully saturated rings. The van der Waals surface area contributed by atoms with E-state index in [9.17, 15) is 0 Å². The third kappa shape index (κ3) is 1.11. The first-order chi connectivity index (χ1) is 5.29. The molecule has 1 aromatic carbocycles. The van der Waals surface area contributed by atoms with Crippen LogP contribution >= 0.6 is 0 Å². The fourth-order valence-corrected chi connectivity index (χ4v) is 1.46. The van der Waals surface area contributed by atoms with E-state index in [2.05, 4.69) is 49.0 Å². The fraction of sp³-hybridized carbons (Fsp3) is 0.273. The van der Waals surface area contributed by atoms with Crippen LogP contribution in [0.4, 0.5) is 0 Å². The van der Waals surface area contributed by atoms with Crippen molar-refractivity contribution in [2.24, 2.45) is 7.05 Å². The zero-order valence-electron chi connectivity index (χ0n) is 6.83. The van der Waals surface area contributed by atoms with E-state index < -0.39 is 0 Å². The van der Waals surface area contributed by atoms with Crippen molar-refractivity contribution in [1.82, 2.24) is 4.57 Å². The van der Waals surface area contributed by atoms with Gasteiger partial charge in [-0.3, -0.25) is 0 Å². The molecule has 2 rings (SSSR count). The van der Waals surface area contributed by atoms with Crippen molar-refractivity contribution < 1.29 is 0 Å². The van der Waals surface area contributed by atoms with E-state index in [-0.39, 0.29) is 7.43 Å². The Kier molecular flexibility index (Phi) is 2.22. The molecule has 1 aromatic heterocycles. The molecule has 1 heterocycles. The Morgan fingerprint density at radius 1 is 1.17 bits per heavy atom. The molecule has 0 N–H and O–H groups in total. The van der Waals surface area contributed by atoms with Crippen LogP contribution in [-0.4, -0.2) is 4.57 Å². The van der Waals surface area contributed by atoms with Crippen molar-refractivity contribution in [2.75, 3.05) is 0 Å². The highest BCUT2D eigenvalue weighted by molar-refractivity contribution is 5.83. The molecule has 0 aliphatic rings. The lowest BCUT2D eigenvalue weighted by Crippen LogP contribution is -1.83. The average Bonchev–Trinajstić information content (AvgIpc) is 2.35. The highest BCUT2D eigenvalue weighted by Gasteiger charge is 1.97. The maximum absolute atomic E-state index is 2.16. The molecule has 0 spiro atoms. The maximum Gasteiger partial charge on any atom is 0.0480 e. The topological polar surface area (TPSA) is 4.93 Å². The van der Waals surface area contributed by atoms with E-state index in [1.807, 2.05) is 0 Å². The summed E-state index contributed by atoms with van der Waals surface area (Å²) in [5, 5.41) is 1.36. The monoisotopic (exact) mass is 161 g/mol. The minimum Gasteiger partial charge on any atom is -0.351 e. The van der Waals surface area contributed by atoms with Crippen LogP contribution in [0.2, 0.25) is 0 Å². The van der Waals surface area contributed by atoms with Crippen LogP contribution in [0.25, 0.3) is 10.9 Å². The van der Waals surface area contributed by atoms with Gasteiger partial charge in [0.2, 0.25) is 0 Å². The predicted octanol–water partition coefficient (Wildman–Crippen LogP) is 3.12. The van der Waals surface area contributed by atoms with Gasteiger partial charge in [0.15, 0.2) is 0 Å². The molecule has 0 atom stereocenters. The lowest BCUT2D eigenvalue weighted by Gasteiger charge is -1.96. The van der Waals surface area contributed by atoms with Gasteiger partial charge in [-0.1, -0.05) is 19.6 Å². The number of aromatic nitrogens is 1.